The van der Waals surface area contributed by atoms with Crippen molar-refractivity contribution < 1.29 is 4.79 Å². The van der Waals surface area contributed by atoms with Gasteiger partial charge in [0.25, 0.3) is 5.24 Å². The molecule has 4 nitrogen and oxygen atoms in total. The number of carbonyl (C=O) groups is 1. The second kappa shape index (κ2) is 10.3. The van der Waals surface area contributed by atoms with Crippen LogP contribution in [0.25, 0.3) is 50.2 Å². The van der Waals surface area contributed by atoms with Crippen molar-refractivity contribution in [2.75, 3.05) is 0 Å². The number of amides is 1. The van der Waals surface area contributed by atoms with Gasteiger partial charge in [-0.15, -0.1) is 0 Å². The summed E-state index contributed by atoms with van der Waals surface area (Å²) in [4.78, 5) is 18.4. The SMILES string of the molecule is NC1=NC(=C2SC(=O)NC2=S)c2c1c(-c1ccccc1)c(-c1ccccc1)c(-c1ccccc1)c2-c1ccccc1. The summed E-state index contributed by atoms with van der Waals surface area (Å²) in [6.07, 6.45) is 0. The molecule has 7 rings (SSSR count). The summed E-state index contributed by atoms with van der Waals surface area (Å²) in [5.41, 5.74) is 17.5. The van der Waals surface area contributed by atoms with Crippen molar-refractivity contribution in [2.24, 2.45) is 10.7 Å². The summed E-state index contributed by atoms with van der Waals surface area (Å²) >= 11 is 6.69. The highest BCUT2D eigenvalue weighted by atomic mass is 32.2. The molecule has 1 saturated heterocycles. The first kappa shape index (κ1) is 25.2. The van der Waals surface area contributed by atoms with E-state index in [9.17, 15) is 4.79 Å². The summed E-state index contributed by atoms with van der Waals surface area (Å²) < 4.78 is 0. The van der Waals surface area contributed by atoms with Crippen molar-refractivity contribution in [2.45, 2.75) is 0 Å². The number of fused-ring (bicyclic) bond motifs is 1. The van der Waals surface area contributed by atoms with Gasteiger partial charge >= 0.3 is 0 Å². The number of carbonyl (C=O) groups excluding carboxylic acids is 1. The maximum absolute atomic E-state index is 12.4. The molecular weight excluding hydrogens is 543 g/mol. The summed E-state index contributed by atoms with van der Waals surface area (Å²) in [6.45, 7) is 0. The predicted octanol–water partition coefficient (Wildman–Crippen LogP) is 8.53. The molecule has 0 unspecified atom stereocenters. The molecule has 0 aliphatic carbocycles. The number of thioether (sulfide) groups is 1. The Morgan fingerprint density at radius 1 is 0.561 bits per heavy atom. The lowest BCUT2D eigenvalue weighted by Gasteiger charge is -2.25. The van der Waals surface area contributed by atoms with Crippen LogP contribution in [0.4, 0.5) is 4.79 Å². The van der Waals surface area contributed by atoms with E-state index >= 15 is 0 Å². The summed E-state index contributed by atoms with van der Waals surface area (Å²) in [7, 11) is 0. The van der Waals surface area contributed by atoms with E-state index in [1.807, 2.05) is 48.5 Å². The van der Waals surface area contributed by atoms with E-state index in [1.165, 1.54) is 0 Å². The lowest BCUT2D eigenvalue weighted by atomic mass is 9.77. The highest BCUT2D eigenvalue weighted by molar-refractivity contribution is 8.19. The Bertz CT molecular complexity index is 1900. The zero-order valence-electron chi connectivity index (χ0n) is 21.8. The molecule has 2 aliphatic rings. The fourth-order valence-electron chi connectivity index (χ4n) is 5.68. The van der Waals surface area contributed by atoms with Gasteiger partial charge in [0.1, 0.15) is 10.8 Å². The minimum atomic E-state index is -0.214. The highest BCUT2D eigenvalue weighted by Crippen LogP contribution is 2.54. The number of thiocarbonyl (C=S) groups is 1. The molecule has 5 aromatic rings. The van der Waals surface area contributed by atoms with Gasteiger partial charge in [-0.2, -0.15) is 0 Å². The molecule has 41 heavy (non-hydrogen) atoms. The Labute approximate surface area is 247 Å². The van der Waals surface area contributed by atoms with Crippen molar-refractivity contribution in [1.29, 1.82) is 0 Å². The first-order valence-electron chi connectivity index (χ1n) is 13.2. The summed E-state index contributed by atoms with van der Waals surface area (Å²) in [5, 5.41) is 2.55. The van der Waals surface area contributed by atoms with Crippen molar-refractivity contribution in [1.82, 2.24) is 5.32 Å². The number of rotatable bonds is 4. The van der Waals surface area contributed by atoms with Crippen LogP contribution < -0.4 is 11.1 Å². The number of nitrogens with zero attached hydrogens (tertiary/aromatic N) is 1. The normalized spacial score (nSPS) is 16.0. The van der Waals surface area contributed by atoms with E-state index < -0.39 is 0 Å². The van der Waals surface area contributed by atoms with Crippen LogP contribution in [-0.4, -0.2) is 16.1 Å². The number of amidine groups is 1. The van der Waals surface area contributed by atoms with Gasteiger partial charge in [0, 0.05) is 22.3 Å². The van der Waals surface area contributed by atoms with Gasteiger partial charge in [-0.1, -0.05) is 134 Å². The quantitative estimate of drug-likeness (QED) is 0.169. The van der Waals surface area contributed by atoms with E-state index in [-0.39, 0.29) is 5.24 Å². The molecule has 1 amide bonds. The van der Waals surface area contributed by atoms with Crippen molar-refractivity contribution in [3.8, 4) is 44.5 Å². The average molecular weight is 566 g/mol. The van der Waals surface area contributed by atoms with Crippen LogP contribution in [0.15, 0.2) is 131 Å². The standard InChI is InChI=1S/C35H23N3OS2/c36-33-30-28(24-19-11-4-12-20-24)26(22-15-7-2-8-16-22)25(21-13-5-1-6-14-21)27(23-17-9-3-10-18-23)29(30)31(37-33)32-34(40)38-35(39)41-32/h1-20H,(H2,36,37)(H,38,39,40). The monoisotopic (exact) mass is 565 g/mol. The molecule has 0 saturated carbocycles. The number of hydrogen-bond donors (Lipinski definition) is 2. The van der Waals surface area contributed by atoms with Crippen molar-refractivity contribution in [3.63, 3.8) is 0 Å². The van der Waals surface area contributed by atoms with E-state index in [0.29, 0.717) is 21.4 Å². The maximum atomic E-state index is 12.4. The molecule has 2 aliphatic heterocycles. The Hall–Kier alpha value is -4.78. The van der Waals surface area contributed by atoms with Crippen LogP contribution >= 0.6 is 24.0 Å². The van der Waals surface area contributed by atoms with Crippen LogP contribution in [0.2, 0.25) is 0 Å². The van der Waals surface area contributed by atoms with Crippen molar-refractivity contribution >= 4 is 45.7 Å². The molecule has 5 aromatic carbocycles. The molecule has 196 valence electrons. The zero-order valence-corrected chi connectivity index (χ0v) is 23.4. The van der Waals surface area contributed by atoms with Gasteiger partial charge in [0.15, 0.2) is 0 Å². The Morgan fingerprint density at radius 3 is 1.29 bits per heavy atom. The average Bonchev–Trinajstić information content (AvgIpc) is 3.54. The molecule has 0 radical (unpaired) electrons. The third kappa shape index (κ3) is 4.29. The van der Waals surface area contributed by atoms with Crippen molar-refractivity contribution in [3.05, 3.63) is 137 Å². The molecule has 0 bridgehead atoms. The van der Waals surface area contributed by atoms with E-state index in [4.69, 9.17) is 22.9 Å². The number of benzene rings is 5. The molecule has 2 heterocycles. The molecule has 6 heteroatoms. The molecule has 0 atom stereocenters. The first-order chi connectivity index (χ1) is 20.1. The fourth-order valence-corrected chi connectivity index (χ4v) is 6.79. The number of nitrogens with one attached hydrogen (secondary N) is 1. The lowest BCUT2D eigenvalue weighted by molar-refractivity contribution is 0.265. The maximum Gasteiger partial charge on any atom is 0.289 e. The van der Waals surface area contributed by atoms with Gasteiger partial charge in [-0.3, -0.25) is 4.79 Å². The van der Waals surface area contributed by atoms with Crippen LogP contribution in [0.3, 0.4) is 0 Å². The minimum absolute atomic E-state index is 0.214. The van der Waals surface area contributed by atoms with Gasteiger partial charge in [-0.05, 0) is 45.1 Å². The molecule has 0 aromatic heterocycles. The van der Waals surface area contributed by atoms with Crippen LogP contribution in [-0.2, 0) is 0 Å². The Kier molecular flexibility index (Phi) is 6.34. The first-order valence-corrected chi connectivity index (χ1v) is 14.4. The third-order valence-electron chi connectivity index (χ3n) is 7.31. The second-order valence-corrected chi connectivity index (χ2v) is 11.1. The largest absolute Gasteiger partial charge is 0.383 e. The summed E-state index contributed by atoms with van der Waals surface area (Å²) in [5.74, 6) is 0.401. The molecule has 3 N–H and O–H groups in total. The van der Waals surface area contributed by atoms with E-state index in [0.717, 1.165) is 67.4 Å². The van der Waals surface area contributed by atoms with Crippen LogP contribution in [0, 0.1) is 0 Å². The van der Waals surface area contributed by atoms with Gasteiger partial charge in [0.05, 0.1) is 10.6 Å². The topological polar surface area (TPSA) is 67.5 Å². The van der Waals surface area contributed by atoms with E-state index in [1.54, 1.807) is 0 Å². The van der Waals surface area contributed by atoms with Gasteiger partial charge < -0.3 is 11.1 Å². The zero-order chi connectivity index (χ0) is 27.9. The smallest absolute Gasteiger partial charge is 0.289 e. The Balaban J connectivity index is 1.76. The van der Waals surface area contributed by atoms with E-state index in [2.05, 4.69) is 78.1 Å². The molecule has 1 fully saturated rings. The number of aliphatic imine (C=N–C) groups is 1. The highest BCUT2D eigenvalue weighted by Gasteiger charge is 2.37. The summed E-state index contributed by atoms with van der Waals surface area (Å²) in [6, 6.07) is 41.5. The molecular formula is C35H23N3OS2. The van der Waals surface area contributed by atoms with Gasteiger partial charge in [0.2, 0.25) is 0 Å². The number of nitrogens with two attached hydrogens (primary N) is 1. The predicted molar refractivity (Wildman–Crippen MR) is 175 cm³/mol. The van der Waals surface area contributed by atoms with Crippen LogP contribution in [0.5, 0.6) is 0 Å². The van der Waals surface area contributed by atoms with Gasteiger partial charge in [-0.25, -0.2) is 4.99 Å². The number of hydrogen-bond acceptors (Lipinski definition) is 5. The molecule has 0 spiro atoms. The Morgan fingerprint density at radius 2 is 0.927 bits per heavy atom. The lowest BCUT2D eigenvalue weighted by Crippen LogP contribution is -2.16. The third-order valence-corrected chi connectivity index (χ3v) is 8.63. The minimum Gasteiger partial charge on any atom is -0.383 e. The second-order valence-electron chi connectivity index (χ2n) is 9.73. The van der Waals surface area contributed by atoms with Crippen LogP contribution in [0.1, 0.15) is 11.1 Å². The fraction of sp³-hybridized carbons (Fsp3) is 0.